The summed E-state index contributed by atoms with van der Waals surface area (Å²) < 4.78 is 0. The van der Waals surface area contributed by atoms with E-state index >= 15 is 0 Å². The van der Waals surface area contributed by atoms with Gasteiger partial charge in [0.25, 0.3) is 0 Å². The highest BCUT2D eigenvalue weighted by Gasteiger charge is 2.35. The number of fused-ring (bicyclic) bond motifs is 2. The first kappa shape index (κ1) is 10.4. The van der Waals surface area contributed by atoms with Gasteiger partial charge in [-0.2, -0.15) is 0 Å². The van der Waals surface area contributed by atoms with E-state index in [1.54, 1.807) is 0 Å². The first-order valence-electron chi connectivity index (χ1n) is 5.59. The molecule has 0 aliphatic carbocycles. The van der Waals surface area contributed by atoms with Crippen molar-refractivity contribution >= 4 is 5.71 Å². The van der Waals surface area contributed by atoms with E-state index in [0.29, 0.717) is 12.5 Å². The molecule has 2 atom stereocenters. The number of rotatable bonds is 4. The highest BCUT2D eigenvalue weighted by Crippen LogP contribution is 2.25. The van der Waals surface area contributed by atoms with E-state index in [0.717, 1.165) is 6.54 Å². The lowest BCUT2D eigenvalue weighted by Crippen LogP contribution is -2.23. The lowest BCUT2D eigenvalue weighted by Gasteiger charge is -2.12. The fourth-order valence-corrected chi connectivity index (χ4v) is 2.12. The maximum absolute atomic E-state index is 5.26. The van der Waals surface area contributed by atoms with Gasteiger partial charge in [-0.15, -0.1) is 0 Å². The predicted molar refractivity (Wildman–Crippen MR) is 61.9 cm³/mol. The van der Waals surface area contributed by atoms with Crippen LogP contribution in [-0.2, 0) is 4.84 Å². The second kappa shape index (κ2) is 5.12. The van der Waals surface area contributed by atoms with Gasteiger partial charge < -0.3 is 4.84 Å². The fraction of sp³-hybridized carbons (Fsp3) is 0.583. The summed E-state index contributed by atoms with van der Waals surface area (Å²) in [6.07, 6.45) is 9.18. The van der Waals surface area contributed by atoms with Crippen LogP contribution in [0.4, 0.5) is 0 Å². The summed E-state index contributed by atoms with van der Waals surface area (Å²) in [5.41, 5.74) is 1.24. The van der Waals surface area contributed by atoms with E-state index < -0.39 is 0 Å². The third-order valence-electron chi connectivity index (χ3n) is 2.92. The number of nitrogens with zero attached hydrogens (tertiary/aromatic N) is 2. The molecule has 0 aromatic heterocycles. The van der Waals surface area contributed by atoms with Gasteiger partial charge in [0.05, 0.1) is 5.71 Å². The topological polar surface area (TPSA) is 24.8 Å². The maximum atomic E-state index is 5.26. The van der Waals surface area contributed by atoms with Crippen molar-refractivity contribution in [2.45, 2.75) is 13.3 Å². The van der Waals surface area contributed by atoms with Crippen LogP contribution >= 0.6 is 0 Å². The third kappa shape index (κ3) is 2.69. The van der Waals surface area contributed by atoms with Crippen LogP contribution in [0.2, 0.25) is 0 Å². The largest absolute Gasteiger partial charge is 0.392 e. The lowest BCUT2D eigenvalue weighted by atomic mass is 10.0. The van der Waals surface area contributed by atoms with Crippen molar-refractivity contribution in [3.8, 4) is 0 Å². The van der Waals surface area contributed by atoms with Crippen molar-refractivity contribution in [3.63, 3.8) is 0 Å². The van der Waals surface area contributed by atoms with Crippen LogP contribution in [-0.4, -0.2) is 36.9 Å². The Balaban J connectivity index is 1.71. The lowest BCUT2D eigenvalue weighted by molar-refractivity contribution is 0.172. The van der Waals surface area contributed by atoms with Crippen LogP contribution in [0.25, 0.3) is 0 Å². The Hall–Kier alpha value is -1.09. The Bertz CT molecular complexity index is 294. The van der Waals surface area contributed by atoms with Crippen LogP contribution in [0.5, 0.6) is 0 Å². The molecule has 2 fully saturated rings. The normalized spacial score (nSPS) is 32.5. The summed E-state index contributed by atoms with van der Waals surface area (Å²) in [4.78, 5) is 7.69. The van der Waals surface area contributed by atoms with Crippen molar-refractivity contribution in [1.82, 2.24) is 4.90 Å². The molecule has 0 aromatic rings. The van der Waals surface area contributed by atoms with Crippen LogP contribution in [0, 0.1) is 5.92 Å². The van der Waals surface area contributed by atoms with Crippen LogP contribution in [0.15, 0.2) is 29.5 Å². The molecule has 0 N–H and O–H groups in total. The Kier molecular flexibility index (Phi) is 3.56. The molecular formula is C12H18N2O. The van der Waals surface area contributed by atoms with E-state index in [9.17, 15) is 0 Å². The Labute approximate surface area is 91.1 Å². The first-order valence-corrected chi connectivity index (χ1v) is 5.59. The minimum absolute atomic E-state index is 0.570. The van der Waals surface area contributed by atoms with Crippen LogP contribution < -0.4 is 0 Å². The molecule has 15 heavy (non-hydrogen) atoms. The molecule has 3 heteroatoms. The molecule has 0 saturated carbocycles. The van der Waals surface area contributed by atoms with Gasteiger partial charge in [-0.05, 0) is 26.0 Å². The number of hydrogen-bond donors (Lipinski definition) is 0. The average molecular weight is 206 g/mol. The van der Waals surface area contributed by atoms with Gasteiger partial charge >= 0.3 is 0 Å². The maximum Gasteiger partial charge on any atom is 0.135 e. The van der Waals surface area contributed by atoms with Gasteiger partial charge in [-0.25, -0.2) is 0 Å². The van der Waals surface area contributed by atoms with E-state index in [2.05, 4.69) is 10.1 Å². The minimum Gasteiger partial charge on any atom is -0.392 e. The zero-order valence-corrected chi connectivity index (χ0v) is 9.22. The van der Waals surface area contributed by atoms with Crippen molar-refractivity contribution in [2.75, 3.05) is 26.2 Å². The molecule has 2 aliphatic heterocycles. The summed E-state index contributed by atoms with van der Waals surface area (Å²) in [5, 5.41) is 4.20. The molecule has 2 rings (SSSR count). The van der Waals surface area contributed by atoms with E-state index in [4.69, 9.17) is 4.84 Å². The van der Waals surface area contributed by atoms with E-state index in [-0.39, 0.29) is 0 Å². The Morgan fingerprint density at radius 1 is 1.53 bits per heavy atom. The summed E-state index contributed by atoms with van der Waals surface area (Å²) in [6, 6.07) is 0. The molecule has 3 nitrogen and oxygen atoms in total. The van der Waals surface area contributed by atoms with Crippen molar-refractivity contribution in [3.05, 3.63) is 24.3 Å². The Morgan fingerprint density at radius 2 is 2.47 bits per heavy atom. The second-order valence-electron chi connectivity index (χ2n) is 4.05. The monoisotopic (exact) mass is 206 g/mol. The van der Waals surface area contributed by atoms with Crippen molar-refractivity contribution in [2.24, 2.45) is 11.1 Å². The fourth-order valence-electron chi connectivity index (χ4n) is 2.12. The molecule has 2 aliphatic rings. The molecule has 0 radical (unpaired) electrons. The summed E-state index contributed by atoms with van der Waals surface area (Å²) >= 11 is 0. The summed E-state index contributed by atoms with van der Waals surface area (Å²) in [6.45, 7) is 6.01. The third-order valence-corrected chi connectivity index (χ3v) is 2.92. The van der Waals surface area contributed by atoms with E-state index in [1.807, 2.05) is 31.2 Å². The SMILES string of the molecule is CC=CC=CCON=C1CN2CCC1C2. The Morgan fingerprint density at radius 3 is 3.13 bits per heavy atom. The van der Waals surface area contributed by atoms with E-state index in [1.165, 1.54) is 25.2 Å². The van der Waals surface area contributed by atoms with Gasteiger partial charge in [0.15, 0.2) is 0 Å². The smallest absolute Gasteiger partial charge is 0.135 e. The molecule has 0 aromatic carbocycles. The number of oxime groups is 1. The molecule has 82 valence electrons. The highest BCUT2D eigenvalue weighted by atomic mass is 16.6. The predicted octanol–water partition coefficient (Wildman–Crippen LogP) is 1.83. The van der Waals surface area contributed by atoms with Crippen LogP contribution in [0.3, 0.4) is 0 Å². The van der Waals surface area contributed by atoms with Crippen molar-refractivity contribution in [1.29, 1.82) is 0 Å². The molecule has 0 amide bonds. The number of hydrogen-bond acceptors (Lipinski definition) is 3. The highest BCUT2D eigenvalue weighted by molar-refractivity contribution is 5.91. The quantitative estimate of drug-likeness (QED) is 0.398. The molecule has 0 spiro atoms. The van der Waals surface area contributed by atoms with Gasteiger partial charge in [0.2, 0.25) is 0 Å². The number of piperidine rings is 1. The van der Waals surface area contributed by atoms with Crippen LogP contribution in [0.1, 0.15) is 13.3 Å². The van der Waals surface area contributed by atoms with Gasteiger partial charge in [-0.1, -0.05) is 23.4 Å². The average Bonchev–Trinajstić information content (AvgIpc) is 2.85. The van der Waals surface area contributed by atoms with Gasteiger partial charge in [0.1, 0.15) is 6.61 Å². The zero-order valence-electron chi connectivity index (χ0n) is 9.22. The molecule has 2 bridgehead atoms. The second-order valence-corrected chi connectivity index (χ2v) is 4.05. The summed E-state index contributed by atoms with van der Waals surface area (Å²) in [7, 11) is 0. The first-order chi connectivity index (χ1) is 7.40. The number of allylic oxidation sites excluding steroid dienone is 3. The molecular weight excluding hydrogens is 188 g/mol. The van der Waals surface area contributed by atoms with Gasteiger partial charge in [0, 0.05) is 19.0 Å². The zero-order chi connectivity index (χ0) is 10.5. The summed E-state index contributed by atoms with van der Waals surface area (Å²) in [5.74, 6) is 0.671. The minimum atomic E-state index is 0.570. The van der Waals surface area contributed by atoms with Gasteiger partial charge in [-0.3, -0.25) is 4.90 Å². The van der Waals surface area contributed by atoms with Crippen molar-refractivity contribution < 1.29 is 4.84 Å². The molecule has 2 unspecified atom stereocenters. The standard InChI is InChI=1S/C12H18N2O/c1-2-3-4-5-8-15-13-12-10-14-7-6-11(12)9-14/h2-5,11H,6-10H2,1H3. The molecule has 2 saturated heterocycles. The molecule has 2 heterocycles.